The maximum Gasteiger partial charge on any atom is 0.261 e. The van der Waals surface area contributed by atoms with E-state index in [1.165, 1.54) is 48.6 Å². The molecule has 0 spiro atoms. The molecule has 23 heavy (non-hydrogen) atoms. The van der Waals surface area contributed by atoms with Gasteiger partial charge in [-0.2, -0.15) is 0 Å². The van der Waals surface area contributed by atoms with Gasteiger partial charge >= 0.3 is 0 Å². The Morgan fingerprint density at radius 1 is 1.17 bits per heavy atom. The molecule has 0 aliphatic rings. The Morgan fingerprint density at radius 2 is 1.83 bits per heavy atom. The van der Waals surface area contributed by atoms with Crippen molar-refractivity contribution in [3.63, 3.8) is 0 Å². The van der Waals surface area contributed by atoms with E-state index in [4.69, 9.17) is 0 Å². The number of carbonyl (C=O) groups excluding carboxylic acids is 3. The van der Waals surface area contributed by atoms with Crippen LogP contribution in [0.1, 0.15) is 50.7 Å². The predicted molar refractivity (Wildman–Crippen MR) is 86.6 cm³/mol. The molecule has 1 aromatic heterocycles. The molecule has 0 saturated carbocycles. The van der Waals surface area contributed by atoms with Crippen molar-refractivity contribution >= 4 is 28.8 Å². The highest BCUT2D eigenvalue weighted by atomic mass is 32.1. The summed E-state index contributed by atoms with van der Waals surface area (Å²) in [5.41, 5.74) is 0.901. The molecule has 1 atom stereocenters. The first-order chi connectivity index (χ1) is 10.9. The molecule has 0 aliphatic heterocycles. The summed E-state index contributed by atoms with van der Waals surface area (Å²) in [6.45, 7) is 3.16. The lowest BCUT2D eigenvalue weighted by molar-refractivity contribution is 0.0920. The summed E-state index contributed by atoms with van der Waals surface area (Å²) in [6, 6.07) is 6.46. The second-order valence-corrected chi connectivity index (χ2v) is 6.18. The van der Waals surface area contributed by atoms with Crippen LogP contribution in [-0.2, 0) is 0 Å². The number of amides is 1. The Morgan fingerprint density at radius 3 is 2.39 bits per heavy atom. The van der Waals surface area contributed by atoms with Gasteiger partial charge in [0, 0.05) is 29.0 Å². The van der Waals surface area contributed by atoms with Crippen molar-refractivity contribution in [1.29, 1.82) is 0 Å². The van der Waals surface area contributed by atoms with Crippen molar-refractivity contribution in [2.24, 2.45) is 0 Å². The van der Waals surface area contributed by atoms with Crippen LogP contribution in [0.3, 0.4) is 0 Å². The SMILES string of the molecule is CC(=O)c1csc(C(=O)NC(C)CC(=O)c2ccc(F)cc2)c1. The third-order valence-corrected chi connectivity index (χ3v) is 4.19. The van der Waals surface area contributed by atoms with E-state index in [2.05, 4.69) is 5.32 Å². The van der Waals surface area contributed by atoms with Crippen molar-refractivity contribution in [3.8, 4) is 0 Å². The van der Waals surface area contributed by atoms with Gasteiger partial charge in [-0.1, -0.05) is 0 Å². The van der Waals surface area contributed by atoms with Gasteiger partial charge in [-0.25, -0.2) is 4.39 Å². The fourth-order valence-corrected chi connectivity index (χ4v) is 2.87. The molecule has 2 rings (SSSR count). The zero-order valence-corrected chi connectivity index (χ0v) is 13.6. The lowest BCUT2D eigenvalue weighted by Gasteiger charge is -2.12. The summed E-state index contributed by atoms with van der Waals surface area (Å²) in [7, 11) is 0. The van der Waals surface area contributed by atoms with Crippen LogP contribution in [0.2, 0.25) is 0 Å². The molecule has 6 heteroatoms. The van der Waals surface area contributed by atoms with Gasteiger partial charge in [0.25, 0.3) is 5.91 Å². The molecule has 1 aromatic carbocycles. The fraction of sp³-hybridized carbons (Fsp3) is 0.235. The summed E-state index contributed by atoms with van der Waals surface area (Å²) >= 11 is 1.19. The van der Waals surface area contributed by atoms with Crippen molar-refractivity contribution in [2.45, 2.75) is 26.3 Å². The Bertz CT molecular complexity index is 737. The van der Waals surface area contributed by atoms with E-state index in [0.29, 0.717) is 16.0 Å². The van der Waals surface area contributed by atoms with Gasteiger partial charge in [-0.15, -0.1) is 11.3 Å². The van der Waals surface area contributed by atoms with Crippen LogP contribution in [0, 0.1) is 5.82 Å². The summed E-state index contributed by atoms with van der Waals surface area (Å²) in [5, 5.41) is 4.36. The van der Waals surface area contributed by atoms with Gasteiger partial charge in [0.15, 0.2) is 11.6 Å². The Balaban J connectivity index is 1.94. The molecule has 1 amide bonds. The van der Waals surface area contributed by atoms with Crippen molar-refractivity contribution in [2.75, 3.05) is 0 Å². The molecule has 1 heterocycles. The zero-order chi connectivity index (χ0) is 17.0. The Hall–Kier alpha value is -2.34. The average molecular weight is 333 g/mol. The van der Waals surface area contributed by atoms with Crippen LogP contribution in [0.25, 0.3) is 0 Å². The van der Waals surface area contributed by atoms with Crippen LogP contribution in [-0.4, -0.2) is 23.5 Å². The Labute approximate surface area is 137 Å². The van der Waals surface area contributed by atoms with Gasteiger partial charge in [0.1, 0.15) is 5.82 Å². The zero-order valence-electron chi connectivity index (χ0n) is 12.8. The van der Waals surface area contributed by atoms with E-state index in [0.717, 1.165) is 0 Å². The molecule has 2 aromatic rings. The Kier molecular flexibility index (Phi) is 5.39. The third-order valence-electron chi connectivity index (χ3n) is 3.27. The first kappa shape index (κ1) is 17.0. The van der Waals surface area contributed by atoms with Gasteiger partial charge in [0.2, 0.25) is 0 Å². The van der Waals surface area contributed by atoms with Crippen molar-refractivity contribution < 1.29 is 18.8 Å². The first-order valence-electron chi connectivity index (χ1n) is 7.06. The van der Waals surface area contributed by atoms with Crippen LogP contribution in [0.5, 0.6) is 0 Å². The molecular formula is C17H16FNO3S. The number of ketones is 2. The second kappa shape index (κ2) is 7.28. The molecule has 0 aliphatic carbocycles. The number of hydrogen-bond donors (Lipinski definition) is 1. The maximum atomic E-state index is 12.8. The molecule has 4 nitrogen and oxygen atoms in total. The molecule has 0 fully saturated rings. The highest BCUT2D eigenvalue weighted by molar-refractivity contribution is 7.12. The minimum atomic E-state index is -0.401. The maximum absolute atomic E-state index is 12.8. The molecule has 120 valence electrons. The van der Waals surface area contributed by atoms with Gasteiger partial charge in [-0.05, 0) is 44.2 Å². The number of rotatable bonds is 6. The van der Waals surface area contributed by atoms with E-state index in [1.807, 2.05) is 0 Å². The van der Waals surface area contributed by atoms with Crippen LogP contribution in [0.4, 0.5) is 4.39 Å². The number of carbonyl (C=O) groups is 3. The van der Waals surface area contributed by atoms with E-state index >= 15 is 0 Å². The van der Waals surface area contributed by atoms with Gasteiger partial charge < -0.3 is 5.32 Å². The number of nitrogens with one attached hydrogen (secondary N) is 1. The van der Waals surface area contributed by atoms with Crippen LogP contribution >= 0.6 is 11.3 Å². The van der Waals surface area contributed by atoms with E-state index in [1.54, 1.807) is 12.3 Å². The summed E-state index contributed by atoms with van der Waals surface area (Å²) in [5.74, 6) is -0.989. The minimum Gasteiger partial charge on any atom is -0.348 e. The van der Waals surface area contributed by atoms with Crippen molar-refractivity contribution in [3.05, 3.63) is 57.5 Å². The van der Waals surface area contributed by atoms with Crippen LogP contribution in [0.15, 0.2) is 35.7 Å². The lowest BCUT2D eigenvalue weighted by Crippen LogP contribution is -2.33. The predicted octanol–water partition coefficient (Wildman–Crippen LogP) is 3.48. The van der Waals surface area contributed by atoms with E-state index in [9.17, 15) is 18.8 Å². The van der Waals surface area contributed by atoms with Gasteiger partial charge in [0.05, 0.1) is 4.88 Å². The monoisotopic (exact) mass is 333 g/mol. The smallest absolute Gasteiger partial charge is 0.261 e. The fourth-order valence-electron chi connectivity index (χ4n) is 2.02. The van der Waals surface area contributed by atoms with Crippen molar-refractivity contribution in [1.82, 2.24) is 5.32 Å². The summed E-state index contributed by atoms with van der Waals surface area (Å²) in [4.78, 5) is 35.8. The highest BCUT2D eigenvalue weighted by Gasteiger charge is 2.16. The average Bonchev–Trinajstić information content (AvgIpc) is 2.97. The summed E-state index contributed by atoms with van der Waals surface area (Å²) in [6.07, 6.45) is 0.113. The summed E-state index contributed by atoms with van der Waals surface area (Å²) < 4.78 is 12.8. The quantitative estimate of drug-likeness (QED) is 0.823. The second-order valence-electron chi connectivity index (χ2n) is 5.26. The first-order valence-corrected chi connectivity index (χ1v) is 7.94. The molecule has 0 bridgehead atoms. The van der Waals surface area contributed by atoms with Gasteiger partial charge in [-0.3, -0.25) is 14.4 Å². The number of thiophene rings is 1. The number of halogens is 1. The topological polar surface area (TPSA) is 63.2 Å². The number of Topliss-reactive ketones (excluding diaryl/α,β-unsaturated/α-hetero) is 2. The largest absolute Gasteiger partial charge is 0.348 e. The lowest BCUT2D eigenvalue weighted by atomic mass is 10.0. The number of hydrogen-bond acceptors (Lipinski definition) is 4. The molecule has 1 N–H and O–H groups in total. The molecular weight excluding hydrogens is 317 g/mol. The number of benzene rings is 1. The normalized spacial score (nSPS) is 11.8. The van der Waals surface area contributed by atoms with E-state index < -0.39 is 5.82 Å². The minimum absolute atomic E-state index is 0.0974. The van der Waals surface area contributed by atoms with Crippen LogP contribution < -0.4 is 5.32 Å². The molecule has 1 unspecified atom stereocenters. The highest BCUT2D eigenvalue weighted by Crippen LogP contribution is 2.16. The molecule has 0 radical (unpaired) electrons. The molecule has 0 saturated heterocycles. The third kappa shape index (κ3) is 4.56. The standard InChI is InChI=1S/C17H16FNO3S/c1-10(7-15(21)12-3-5-14(18)6-4-12)19-17(22)16-8-13(9-23-16)11(2)20/h3-6,8-10H,7H2,1-2H3,(H,19,22). The van der Waals surface area contributed by atoms with E-state index in [-0.39, 0.29) is 29.9 Å².